The predicted octanol–water partition coefficient (Wildman–Crippen LogP) is 5.06. The van der Waals surface area contributed by atoms with Gasteiger partial charge in [0.2, 0.25) is 0 Å². The van der Waals surface area contributed by atoms with Crippen molar-refractivity contribution in [2.75, 3.05) is 44.7 Å². The quantitative estimate of drug-likeness (QED) is 0.487. The first-order valence-corrected chi connectivity index (χ1v) is 12.3. The van der Waals surface area contributed by atoms with Gasteiger partial charge in [0, 0.05) is 42.3 Å². The average molecular weight is 434 g/mol. The van der Waals surface area contributed by atoms with Crippen molar-refractivity contribution in [3.8, 4) is 17.0 Å². The molecule has 0 unspecified atom stereocenters. The summed E-state index contributed by atoms with van der Waals surface area (Å²) >= 11 is 1.92. The molecule has 0 amide bonds. The summed E-state index contributed by atoms with van der Waals surface area (Å²) in [6.45, 7) is 5.80. The molecule has 0 saturated carbocycles. The van der Waals surface area contributed by atoms with Gasteiger partial charge in [0.1, 0.15) is 5.75 Å². The van der Waals surface area contributed by atoms with Crippen molar-refractivity contribution >= 4 is 17.0 Å². The zero-order valence-electron chi connectivity index (χ0n) is 18.3. The molecular weight excluding hydrogens is 402 g/mol. The van der Waals surface area contributed by atoms with Gasteiger partial charge in [-0.1, -0.05) is 24.3 Å². The van der Waals surface area contributed by atoms with Crippen LogP contribution in [0.15, 0.2) is 48.5 Å². The van der Waals surface area contributed by atoms with Crippen molar-refractivity contribution in [3.63, 3.8) is 0 Å². The van der Waals surface area contributed by atoms with Crippen LogP contribution in [-0.2, 0) is 19.3 Å². The molecule has 1 aliphatic carbocycles. The number of unbranched alkanes of at least 4 members (excludes halogenated alkanes) is 1. The highest BCUT2D eigenvalue weighted by Gasteiger charge is 2.21. The first kappa shape index (κ1) is 20.5. The van der Waals surface area contributed by atoms with Gasteiger partial charge in [0.15, 0.2) is 0 Å². The van der Waals surface area contributed by atoms with E-state index in [2.05, 4.69) is 58.3 Å². The minimum Gasteiger partial charge on any atom is -0.497 e. The zero-order valence-corrected chi connectivity index (χ0v) is 19.2. The Morgan fingerprint density at radius 1 is 0.968 bits per heavy atom. The number of methoxy groups -OCH3 is 1. The van der Waals surface area contributed by atoms with Gasteiger partial charge < -0.3 is 9.64 Å². The van der Waals surface area contributed by atoms with Gasteiger partial charge in [0.25, 0.3) is 0 Å². The van der Waals surface area contributed by atoms with Crippen LogP contribution >= 0.6 is 11.3 Å². The molecule has 1 aromatic heterocycles. The minimum atomic E-state index is 0.925. The Kier molecular flexibility index (Phi) is 6.23. The van der Waals surface area contributed by atoms with Crippen molar-refractivity contribution in [3.05, 3.63) is 64.0 Å². The van der Waals surface area contributed by atoms with Crippen LogP contribution in [0, 0.1) is 0 Å². The minimum absolute atomic E-state index is 0.925. The third kappa shape index (κ3) is 4.63. The summed E-state index contributed by atoms with van der Waals surface area (Å²) in [5.41, 5.74) is 5.24. The van der Waals surface area contributed by atoms with Crippen molar-refractivity contribution in [2.45, 2.75) is 32.1 Å². The molecule has 1 fully saturated rings. The fourth-order valence-electron chi connectivity index (χ4n) is 4.74. The number of benzene rings is 2. The summed E-state index contributed by atoms with van der Waals surface area (Å²) in [5.74, 6) is 0.925. The van der Waals surface area contributed by atoms with Gasteiger partial charge in [-0.15, -0.1) is 11.3 Å². The van der Waals surface area contributed by atoms with Crippen LogP contribution in [0.25, 0.3) is 11.3 Å². The van der Waals surface area contributed by atoms with Gasteiger partial charge in [-0.05, 0) is 68.5 Å². The molecule has 1 saturated heterocycles. The monoisotopic (exact) mass is 433 g/mol. The third-order valence-corrected chi connectivity index (χ3v) is 7.72. The number of aromatic nitrogens is 1. The summed E-state index contributed by atoms with van der Waals surface area (Å²) in [4.78, 5) is 11.6. The van der Waals surface area contributed by atoms with E-state index in [0.717, 1.165) is 38.1 Å². The average Bonchev–Trinajstić information content (AvgIpc) is 3.26. The second-order valence-corrected chi connectivity index (χ2v) is 9.69. The van der Waals surface area contributed by atoms with Crippen LogP contribution in [0.4, 0.5) is 5.69 Å². The number of aryl methyl sites for hydroxylation is 3. The van der Waals surface area contributed by atoms with E-state index < -0.39 is 0 Å². The molecule has 5 heteroatoms. The number of rotatable bonds is 7. The van der Waals surface area contributed by atoms with Gasteiger partial charge in [-0.2, -0.15) is 0 Å². The number of para-hydroxylation sites is 1. The summed E-state index contributed by atoms with van der Waals surface area (Å²) in [7, 11) is 1.74. The Balaban J connectivity index is 1.10. The molecule has 1 aliphatic heterocycles. The van der Waals surface area contributed by atoms with Crippen molar-refractivity contribution < 1.29 is 4.74 Å². The Bertz CT molecular complexity index is 1010. The smallest absolute Gasteiger partial charge is 0.119 e. The number of nitrogens with zero attached hydrogens (tertiary/aromatic N) is 3. The van der Waals surface area contributed by atoms with Crippen LogP contribution in [0.5, 0.6) is 5.75 Å². The second kappa shape index (κ2) is 9.41. The number of anilines is 1. The van der Waals surface area contributed by atoms with E-state index >= 15 is 0 Å². The zero-order chi connectivity index (χ0) is 21.0. The van der Waals surface area contributed by atoms with Gasteiger partial charge in [0.05, 0.1) is 17.8 Å². The number of fused-ring (bicyclic) bond motifs is 3. The lowest BCUT2D eigenvalue weighted by molar-refractivity contribution is 0.253. The molecule has 4 nitrogen and oxygen atoms in total. The number of hydrogen-bond acceptors (Lipinski definition) is 5. The predicted molar refractivity (Wildman–Crippen MR) is 130 cm³/mol. The number of thiazole rings is 1. The van der Waals surface area contributed by atoms with E-state index in [1.54, 1.807) is 7.11 Å². The molecule has 0 atom stereocenters. The van der Waals surface area contributed by atoms with E-state index in [-0.39, 0.29) is 0 Å². The van der Waals surface area contributed by atoms with Gasteiger partial charge in [-0.25, -0.2) is 4.98 Å². The Morgan fingerprint density at radius 2 is 1.81 bits per heavy atom. The van der Waals surface area contributed by atoms with E-state index in [4.69, 9.17) is 9.72 Å². The van der Waals surface area contributed by atoms with Crippen LogP contribution in [0.2, 0.25) is 0 Å². The first-order valence-electron chi connectivity index (χ1n) is 11.5. The lowest BCUT2D eigenvalue weighted by Crippen LogP contribution is -2.46. The van der Waals surface area contributed by atoms with Gasteiger partial charge in [-0.3, -0.25) is 4.90 Å². The lowest BCUT2D eigenvalue weighted by atomic mass is 9.93. The van der Waals surface area contributed by atoms with Crippen molar-refractivity contribution in [2.24, 2.45) is 0 Å². The fourth-order valence-corrected chi connectivity index (χ4v) is 5.86. The van der Waals surface area contributed by atoms with Crippen LogP contribution < -0.4 is 9.64 Å². The molecule has 2 heterocycles. The van der Waals surface area contributed by atoms with E-state index in [1.807, 2.05) is 11.3 Å². The molecule has 31 heavy (non-hydrogen) atoms. The van der Waals surface area contributed by atoms with Crippen LogP contribution in [0.3, 0.4) is 0 Å². The van der Waals surface area contributed by atoms with E-state index in [0.29, 0.717) is 0 Å². The van der Waals surface area contributed by atoms with E-state index in [9.17, 15) is 0 Å². The highest BCUT2D eigenvalue weighted by molar-refractivity contribution is 7.12. The molecule has 2 aliphatic rings. The summed E-state index contributed by atoms with van der Waals surface area (Å²) in [6, 6.07) is 17.2. The normalized spacial score (nSPS) is 16.1. The number of ether oxygens (including phenoxy) is 1. The summed E-state index contributed by atoms with van der Waals surface area (Å²) < 4.78 is 5.44. The van der Waals surface area contributed by atoms with Crippen LogP contribution in [-0.4, -0.2) is 49.7 Å². The maximum Gasteiger partial charge on any atom is 0.119 e. The highest BCUT2D eigenvalue weighted by atomic mass is 32.1. The summed E-state index contributed by atoms with van der Waals surface area (Å²) in [6.07, 6.45) is 5.80. The maximum absolute atomic E-state index is 5.44. The van der Waals surface area contributed by atoms with Crippen molar-refractivity contribution in [1.29, 1.82) is 0 Å². The van der Waals surface area contributed by atoms with Crippen LogP contribution in [0.1, 0.15) is 28.3 Å². The Hall–Kier alpha value is -2.37. The molecular formula is C26H31N3OS. The molecule has 162 valence electrons. The number of piperazine rings is 1. The van der Waals surface area contributed by atoms with Gasteiger partial charge >= 0.3 is 0 Å². The molecule has 2 aromatic carbocycles. The Morgan fingerprint density at radius 3 is 2.61 bits per heavy atom. The molecule has 0 bridgehead atoms. The third-order valence-electron chi connectivity index (χ3n) is 6.54. The number of hydrogen-bond donors (Lipinski definition) is 0. The fraction of sp³-hybridized carbons (Fsp3) is 0.423. The molecule has 0 spiro atoms. The maximum atomic E-state index is 5.44. The molecule has 0 radical (unpaired) electrons. The highest BCUT2D eigenvalue weighted by Crippen LogP contribution is 2.38. The topological polar surface area (TPSA) is 28.6 Å². The standard InChI is InChI=1S/C26H31N3OS/c1-30-22-12-10-20-11-13-24-26(23(20)19-22)27-25(31-24)9-5-6-14-28-15-17-29(18-16-28)21-7-3-2-4-8-21/h2-4,7-8,10,12,19H,5-6,9,11,13-18H2,1H3. The van der Waals surface area contributed by atoms with E-state index in [1.165, 1.54) is 64.9 Å². The lowest BCUT2D eigenvalue weighted by Gasteiger charge is -2.36. The Labute approximate surface area is 189 Å². The second-order valence-electron chi connectivity index (χ2n) is 8.52. The molecule has 5 rings (SSSR count). The molecule has 3 aromatic rings. The van der Waals surface area contributed by atoms with Crippen molar-refractivity contribution in [1.82, 2.24) is 9.88 Å². The SMILES string of the molecule is COc1ccc2c(c1)-c1nc(CCCCN3CCN(c4ccccc4)CC3)sc1CC2. The largest absolute Gasteiger partial charge is 0.497 e. The first-order chi connectivity index (χ1) is 15.3. The summed E-state index contributed by atoms with van der Waals surface area (Å²) in [5, 5.41) is 1.30. The molecule has 0 N–H and O–H groups in total.